The summed E-state index contributed by atoms with van der Waals surface area (Å²) in [5.41, 5.74) is 0. The standard InChI is InChI=1S/C15H23N5S/c1-4-7-16-15-17-13(12-6-9-21-14(12)18-15)20-8-5-11(10-20)19(2)3/h6,9,11H,4-5,7-8,10H2,1-3H3,(H,16,17,18). The number of thiophene rings is 1. The lowest BCUT2D eigenvalue weighted by atomic mass is 10.2. The van der Waals surface area contributed by atoms with E-state index in [1.807, 2.05) is 0 Å². The van der Waals surface area contributed by atoms with E-state index in [4.69, 9.17) is 4.98 Å². The van der Waals surface area contributed by atoms with Gasteiger partial charge in [0.25, 0.3) is 0 Å². The van der Waals surface area contributed by atoms with E-state index in [1.54, 1.807) is 11.3 Å². The van der Waals surface area contributed by atoms with Crippen LogP contribution in [0.15, 0.2) is 11.4 Å². The van der Waals surface area contributed by atoms with E-state index in [2.05, 4.69) is 52.6 Å². The van der Waals surface area contributed by atoms with Crippen molar-refractivity contribution < 1.29 is 0 Å². The van der Waals surface area contributed by atoms with Crippen LogP contribution in [0.4, 0.5) is 11.8 Å². The van der Waals surface area contributed by atoms with Crippen LogP contribution in [0, 0.1) is 0 Å². The number of hydrogen-bond acceptors (Lipinski definition) is 6. The van der Waals surface area contributed by atoms with Crippen LogP contribution in [-0.4, -0.2) is 54.6 Å². The number of anilines is 2. The molecule has 6 heteroatoms. The molecule has 1 N–H and O–H groups in total. The molecule has 0 aliphatic carbocycles. The third-order valence-corrected chi connectivity index (χ3v) is 4.84. The van der Waals surface area contributed by atoms with Gasteiger partial charge in [-0.3, -0.25) is 0 Å². The second-order valence-corrected chi connectivity index (χ2v) is 6.68. The van der Waals surface area contributed by atoms with Gasteiger partial charge in [0.1, 0.15) is 10.6 Å². The molecule has 1 saturated heterocycles. The summed E-state index contributed by atoms with van der Waals surface area (Å²) in [6.45, 7) is 5.18. The summed E-state index contributed by atoms with van der Waals surface area (Å²) in [4.78, 5) is 15.2. The normalized spacial score (nSPS) is 18.9. The molecule has 3 rings (SSSR count). The van der Waals surface area contributed by atoms with Crippen molar-refractivity contribution in [3.8, 4) is 0 Å². The fourth-order valence-corrected chi connectivity index (χ4v) is 3.51. The lowest BCUT2D eigenvalue weighted by Crippen LogP contribution is -2.31. The minimum Gasteiger partial charge on any atom is -0.354 e. The van der Waals surface area contributed by atoms with Crippen molar-refractivity contribution in [2.75, 3.05) is 43.9 Å². The molecule has 1 aliphatic heterocycles. The van der Waals surface area contributed by atoms with Gasteiger partial charge in [0.2, 0.25) is 5.95 Å². The second kappa shape index (κ2) is 6.15. The first-order valence-corrected chi connectivity index (χ1v) is 8.47. The number of rotatable bonds is 5. The molecule has 1 atom stereocenters. The fourth-order valence-electron chi connectivity index (χ4n) is 2.75. The first-order valence-electron chi connectivity index (χ1n) is 7.59. The SMILES string of the molecule is CCCNc1nc(N2CCC(N(C)C)C2)c2ccsc2n1. The molecule has 2 aromatic heterocycles. The van der Waals surface area contributed by atoms with Crippen LogP contribution in [0.2, 0.25) is 0 Å². The van der Waals surface area contributed by atoms with Gasteiger partial charge >= 0.3 is 0 Å². The molecule has 5 nitrogen and oxygen atoms in total. The zero-order valence-electron chi connectivity index (χ0n) is 13.0. The average molecular weight is 305 g/mol. The van der Waals surface area contributed by atoms with Crippen LogP contribution >= 0.6 is 11.3 Å². The molecule has 1 aliphatic rings. The topological polar surface area (TPSA) is 44.3 Å². The van der Waals surface area contributed by atoms with Gasteiger partial charge in [-0.05, 0) is 38.4 Å². The summed E-state index contributed by atoms with van der Waals surface area (Å²) in [7, 11) is 4.31. The van der Waals surface area contributed by atoms with Gasteiger partial charge in [-0.1, -0.05) is 6.92 Å². The van der Waals surface area contributed by atoms with Gasteiger partial charge in [0, 0.05) is 25.7 Å². The number of nitrogens with one attached hydrogen (secondary N) is 1. The van der Waals surface area contributed by atoms with Gasteiger partial charge in [-0.25, -0.2) is 4.98 Å². The van der Waals surface area contributed by atoms with Crippen molar-refractivity contribution in [1.82, 2.24) is 14.9 Å². The molecule has 21 heavy (non-hydrogen) atoms. The summed E-state index contributed by atoms with van der Waals surface area (Å²) < 4.78 is 0. The van der Waals surface area contributed by atoms with Gasteiger partial charge in [0.15, 0.2) is 0 Å². The zero-order chi connectivity index (χ0) is 14.8. The molecule has 1 fully saturated rings. The Labute approximate surface area is 130 Å². The Kier molecular flexibility index (Phi) is 4.26. The smallest absolute Gasteiger partial charge is 0.226 e. The molecule has 0 amide bonds. The van der Waals surface area contributed by atoms with Gasteiger partial charge < -0.3 is 15.1 Å². The van der Waals surface area contributed by atoms with E-state index in [0.717, 1.165) is 42.7 Å². The minimum atomic E-state index is 0.612. The van der Waals surface area contributed by atoms with Crippen LogP contribution in [0.1, 0.15) is 19.8 Å². The monoisotopic (exact) mass is 305 g/mol. The highest BCUT2D eigenvalue weighted by atomic mass is 32.1. The van der Waals surface area contributed by atoms with E-state index >= 15 is 0 Å². The van der Waals surface area contributed by atoms with E-state index in [0.29, 0.717) is 6.04 Å². The summed E-state index contributed by atoms with van der Waals surface area (Å²) >= 11 is 1.69. The molecule has 0 radical (unpaired) electrons. The number of fused-ring (bicyclic) bond motifs is 1. The van der Waals surface area contributed by atoms with Crippen molar-refractivity contribution in [2.45, 2.75) is 25.8 Å². The Morgan fingerprint density at radius 1 is 1.43 bits per heavy atom. The van der Waals surface area contributed by atoms with Crippen molar-refractivity contribution in [3.05, 3.63) is 11.4 Å². The highest BCUT2D eigenvalue weighted by Crippen LogP contribution is 2.31. The van der Waals surface area contributed by atoms with Crippen molar-refractivity contribution in [3.63, 3.8) is 0 Å². The average Bonchev–Trinajstić information content (AvgIpc) is 3.12. The molecular formula is C15H23N5S. The molecule has 0 bridgehead atoms. The Bertz CT molecular complexity index is 609. The van der Waals surface area contributed by atoms with Crippen LogP contribution in [0.3, 0.4) is 0 Å². The molecule has 2 aromatic rings. The lowest BCUT2D eigenvalue weighted by molar-refractivity contribution is 0.315. The Balaban J connectivity index is 1.91. The minimum absolute atomic E-state index is 0.612. The maximum atomic E-state index is 4.78. The molecule has 0 aromatic carbocycles. The molecule has 0 saturated carbocycles. The van der Waals surface area contributed by atoms with E-state index in [1.165, 1.54) is 11.8 Å². The van der Waals surface area contributed by atoms with Crippen molar-refractivity contribution in [2.24, 2.45) is 0 Å². The third kappa shape index (κ3) is 2.96. The first-order chi connectivity index (χ1) is 10.2. The van der Waals surface area contributed by atoms with Crippen LogP contribution < -0.4 is 10.2 Å². The van der Waals surface area contributed by atoms with Gasteiger partial charge in [0.05, 0.1) is 5.39 Å². The largest absolute Gasteiger partial charge is 0.354 e. The number of aromatic nitrogens is 2. The third-order valence-electron chi connectivity index (χ3n) is 4.03. The summed E-state index contributed by atoms with van der Waals surface area (Å²) in [6, 6.07) is 2.75. The van der Waals surface area contributed by atoms with Crippen LogP contribution in [-0.2, 0) is 0 Å². The van der Waals surface area contributed by atoms with Gasteiger partial charge in [-0.15, -0.1) is 11.3 Å². The Morgan fingerprint density at radius 2 is 2.29 bits per heavy atom. The fraction of sp³-hybridized carbons (Fsp3) is 0.600. The molecule has 114 valence electrons. The van der Waals surface area contributed by atoms with Crippen molar-refractivity contribution >= 4 is 33.3 Å². The van der Waals surface area contributed by atoms with Gasteiger partial charge in [-0.2, -0.15) is 4.98 Å². The zero-order valence-corrected chi connectivity index (χ0v) is 13.8. The van der Waals surface area contributed by atoms with Crippen LogP contribution in [0.5, 0.6) is 0 Å². The summed E-state index contributed by atoms with van der Waals surface area (Å²) in [6.07, 6.45) is 2.27. The molecule has 3 heterocycles. The van der Waals surface area contributed by atoms with E-state index in [9.17, 15) is 0 Å². The highest BCUT2D eigenvalue weighted by Gasteiger charge is 2.26. The predicted octanol–water partition coefficient (Wildman–Crippen LogP) is 2.65. The number of nitrogens with zero attached hydrogens (tertiary/aromatic N) is 4. The molecule has 1 unspecified atom stereocenters. The Hall–Kier alpha value is -1.40. The molecular weight excluding hydrogens is 282 g/mol. The van der Waals surface area contributed by atoms with E-state index < -0.39 is 0 Å². The van der Waals surface area contributed by atoms with E-state index in [-0.39, 0.29) is 0 Å². The van der Waals surface area contributed by atoms with Crippen molar-refractivity contribution in [1.29, 1.82) is 0 Å². The Morgan fingerprint density at radius 3 is 3.00 bits per heavy atom. The molecule has 0 spiro atoms. The second-order valence-electron chi connectivity index (χ2n) is 5.79. The summed E-state index contributed by atoms with van der Waals surface area (Å²) in [5.74, 6) is 1.85. The maximum absolute atomic E-state index is 4.78. The first kappa shape index (κ1) is 14.5. The highest BCUT2D eigenvalue weighted by molar-refractivity contribution is 7.16. The predicted molar refractivity (Wildman–Crippen MR) is 90.5 cm³/mol. The van der Waals surface area contributed by atoms with Crippen LogP contribution in [0.25, 0.3) is 10.2 Å². The quantitative estimate of drug-likeness (QED) is 0.920. The lowest BCUT2D eigenvalue weighted by Gasteiger charge is -2.22. The number of hydrogen-bond donors (Lipinski definition) is 1. The summed E-state index contributed by atoms with van der Waals surface area (Å²) in [5, 5.41) is 6.61. The maximum Gasteiger partial charge on any atom is 0.226 e. The number of likely N-dealkylation sites (N-methyl/N-ethyl adjacent to an activating group) is 1.